The number of benzene rings is 2. The third-order valence-electron chi connectivity index (χ3n) is 3.78. The first-order chi connectivity index (χ1) is 9.99. The van der Waals surface area contributed by atoms with Gasteiger partial charge in [-0.25, -0.2) is 0 Å². The van der Waals surface area contributed by atoms with Crippen molar-refractivity contribution in [2.45, 2.75) is 19.9 Å². The first-order valence-electron chi connectivity index (χ1n) is 6.76. The van der Waals surface area contributed by atoms with Crippen LogP contribution in [0.15, 0.2) is 30.3 Å². The monoisotopic (exact) mass is 415 g/mol. The summed E-state index contributed by atoms with van der Waals surface area (Å²) >= 11 is 8.52. The van der Waals surface area contributed by atoms with Crippen molar-refractivity contribution >= 4 is 34.2 Å². The first-order valence-corrected chi connectivity index (χ1v) is 8.21. The lowest BCUT2D eigenvalue weighted by Gasteiger charge is -2.23. The second kappa shape index (κ2) is 6.99. The molecule has 1 unspecified atom stereocenters. The van der Waals surface area contributed by atoms with Crippen molar-refractivity contribution in [2.24, 2.45) is 0 Å². The predicted octanol–water partition coefficient (Wildman–Crippen LogP) is 4.88. The molecule has 21 heavy (non-hydrogen) atoms. The molecule has 2 nitrogen and oxygen atoms in total. The predicted molar refractivity (Wildman–Crippen MR) is 97.5 cm³/mol. The Morgan fingerprint density at radius 2 is 1.86 bits per heavy atom. The molecule has 4 heteroatoms. The van der Waals surface area contributed by atoms with Gasteiger partial charge in [0.25, 0.3) is 0 Å². The number of hydrogen-bond donors (Lipinski definition) is 1. The van der Waals surface area contributed by atoms with Gasteiger partial charge >= 0.3 is 0 Å². The van der Waals surface area contributed by atoms with E-state index in [4.69, 9.17) is 16.3 Å². The molecular formula is C17H19ClINO. The molecule has 0 bridgehead atoms. The quantitative estimate of drug-likeness (QED) is 0.719. The summed E-state index contributed by atoms with van der Waals surface area (Å²) in [4.78, 5) is 0. The molecule has 2 aromatic rings. The molecule has 0 aliphatic heterocycles. The molecule has 0 heterocycles. The fourth-order valence-electron chi connectivity index (χ4n) is 2.52. The lowest BCUT2D eigenvalue weighted by Crippen LogP contribution is -2.20. The second-order valence-electron chi connectivity index (χ2n) is 5.02. The van der Waals surface area contributed by atoms with Crippen LogP contribution in [-0.4, -0.2) is 14.2 Å². The molecule has 1 N–H and O–H groups in total. The summed E-state index contributed by atoms with van der Waals surface area (Å²) in [5, 5.41) is 4.12. The van der Waals surface area contributed by atoms with Gasteiger partial charge in [-0.2, -0.15) is 0 Å². The Morgan fingerprint density at radius 1 is 1.14 bits per heavy atom. The van der Waals surface area contributed by atoms with E-state index in [-0.39, 0.29) is 6.04 Å². The fourth-order valence-corrected chi connectivity index (χ4v) is 3.35. The van der Waals surface area contributed by atoms with E-state index in [9.17, 15) is 0 Å². The number of ether oxygens (including phenoxy) is 1. The number of aryl methyl sites for hydroxylation is 1. The maximum absolute atomic E-state index is 6.17. The summed E-state index contributed by atoms with van der Waals surface area (Å²) in [5.74, 6) is 0.935. The van der Waals surface area contributed by atoms with Crippen molar-refractivity contribution in [3.05, 3.63) is 61.2 Å². The van der Waals surface area contributed by atoms with E-state index in [0.717, 1.165) is 21.9 Å². The summed E-state index contributed by atoms with van der Waals surface area (Å²) in [6.07, 6.45) is 0. The van der Waals surface area contributed by atoms with Gasteiger partial charge in [-0.15, -0.1) is 0 Å². The molecule has 0 saturated heterocycles. The largest absolute Gasteiger partial charge is 0.496 e. The topological polar surface area (TPSA) is 21.3 Å². The van der Waals surface area contributed by atoms with Gasteiger partial charge in [0.1, 0.15) is 5.75 Å². The fraction of sp³-hybridized carbons (Fsp3) is 0.294. The van der Waals surface area contributed by atoms with Gasteiger partial charge in [-0.3, -0.25) is 0 Å². The summed E-state index contributed by atoms with van der Waals surface area (Å²) in [6, 6.07) is 10.3. The van der Waals surface area contributed by atoms with E-state index in [1.165, 1.54) is 14.7 Å². The Labute approximate surface area is 145 Å². The van der Waals surface area contributed by atoms with Crippen LogP contribution in [0.5, 0.6) is 5.75 Å². The van der Waals surface area contributed by atoms with Gasteiger partial charge in [0.2, 0.25) is 0 Å². The van der Waals surface area contributed by atoms with Crippen molar-refractivity contribution in [1.82, 2.24) is 5.32 Å². The Morgan fingerprint density at radius 3 is 2.48 bits per heavy atom. The summed E-state index contributed by atoms with van der Waals surface area (Å²) in [5.41, 5.74) is 4.69. The summed E-state index contributed by atoms with van der Waals surface area (Å²) < 4.78 is 6.83. The number of hydrogen-bond acceptors (Lipinski definition) is 2. The van der Waals surface area contributed by atoms with E-state index >= 15 is 0 Å². The molecule has 0 saturated carbocycles. The van der Waals surface area contributed by atoms with Gasteiger partial charge in [-0.1, -0.05) is 23.7 Å². The van der Waals surface area contributed by atoms with Crippen molar-refractivity contribution in [2.75, 3.05) is 14.2 Å². The van der Waals surface area contributed by atoms with Gasteiger partial charge in [-0.05, 0) is 78.4 Å². The molecule has 0 amide bonds. The number of rotatable bonds is 4. The third kappa shape index (κ3) is 3.35. The zero-order chi connectivity index (χ0) is 15.6. The Balaban J connectivity index is 2.62. The molecule has 0 fully saturated rings. The molecule has 2 aromatic carbocycles. The van der Waals surface area contributed by atoms with E-state index < -0.39 is 0 Å². The van der Waals surface area contributed by atoms with E-state index in [1.54, 1.807) is 7.11 Å². The first kappa shape index (κ1) is 16.6. The van der Waals surface area contributed by atoms with Crippen LogP contribution in [0.3, 0.4) is 0 Å². The minimum Gasteiger partial charge on any atom is -0.496 e. The molecule has 0 spiro atoms. The van der Waals surface area contributed by atoms with Crippen molar-refractivity contribution in [1.29, 1.82) is 0 Å². The average Bonchev–Trinajstić information content (AvgIpc) is 2.47. The highest BCUT2D eigenvalue weighted by Gasteiger charge is 2.21. The minimum atomic E-state index is 0.0462. The lowest BCUT2D eigenvalue weighted by molar-refractivity contribution is 0.402. The summed E-state index contributed by atoms with van der Waals surface area (Å²) in [6.45, 7) is 4.19. The third-order valence-corrected chi connectivity index (χ3v) is 5.00. The number of methoxy groups -OCH3 is 1. The lowest BCUT2D eigenvalue weighted by atomic mass is 9.94. The van der Waals surface area contributed by atoms with Crippen molar-refractivity contribution < 1.29 is 4.74 Å². The maximum Gasteiger partial charge on any atom is 0.127 e. The SMILES string of the molecule is CNC(c1cc(Cl)ccc1I)c1ccc(C)c(C)c1OC. The number of nitrogens with one attached hydrogen (secondary N) is 1. The molecule has 112 valence electrons. The van der Waals surface area contributed by atoms with Crippen LogP contribution in [0.4, 0.5) is 0 Å². The molecule has 0 aliphatic rings. The van der Waals surface area contributed by atoms with Gasteiger partial charge < -0.3 is 10.1 Å². The van der Waals surface area contributed by atoms with Gasteiger partial charge in [0.05, 0.1) is 13.2 Å². The van der Waals surface area contributed by atoms with E-state index in [2.05, 4.69) is 53.9 Å². The van der Waals surface area contributed by atoms with Crippen LogP contribution in [0.25, 0.3) is 0 Å². The van der Waals surface area contributed by atoms with Crippen molar-refractivity contribution in [3.8, 4) is 5.75 Å². The summed E-state index contributed by atoms with van der Waals surface area (Å²) in [7, 11) is 3.68. The number of halogens is 2. The Hall–Kier alpha value is -0.780. The van der Waals surface area contributed by atoms with E-state index in [1.807, 2.05) is 25.2 Å². The van der Waals surface area contributed by atoms with Gasteiger partial charge in [0.15, 0.2) is 0 Å². The molecule has 2 rings (SSSR count). The molecule has 1 atom stereocenters. The standard InChI is InChI=1S/C17H19ClINO/c1-10-5-7-13(17(21-4)11(10)2)16(20-3)14-9-12(18)6-8-15(14)19/h5-9,16,20H,1-4H3. The molecule has 0 aromatic heterocycles. The molecular weight excluding hydrogens is 397 g/mol. The highest BCUT2D eigenvalue weighted by atomic mass is 127. The van der Waals surface area contributed by atoms with Crippen LogP contribution >= 0.6 is 34.2 Å². The maximum atomic E-state index is 6.17. The van der Waals surface area contributed by atoms with Crippen LogP contribution in [-0.2, 0) is 0 Å². The second-order valence-corrected chi connectivity index (χ2v) is 6.62. The van der Waals surface area contributed by atoms with E-state index in [0.29, 0.717) is 0 Å². The zero-order valence-electron chi connectivity index (χ0n) is 12.6. The van der Waals surface area contributed by atoms with Crippen LogP contribution < -0.4 is 10.1 Å². The van der Waals surface area contributed by atoms with Crippen LogP contribution in [0.1, 0.15) is 28.3 Å². The Kier molecular flexibility index (Phi) is 5.52. The molecule has 0 radical (unpaired) electrons. The molecule has 0 aliphatic carbocycles. The highest BCUT2D eigenvalue weighted by Crippen LogP contribution is 2.36. The smallest absolute Gasteiger partial charge is 0.127 e. The Bertz CT molecular complexity index is 657. The van der Waals surface area contributed by atoms with Gasteiger partial charge in [0, 0.05) is 14.2 Å². The zero-order valence-corrected chi connectivity index (χ0v) is 15.5. The average molecular weight is 416 g/mol. The minimum absolute atomic E-state index is 0.0462. The van der Waals surface area contributed by atoms with Crippen molar-refractivity contribution in [3.63, 3.8) is 0 Å². The highest BCUT2D eigenvalue weighted by molar-refractivity contribution is 14.1. The van der Waals surface area contributed by atoms with Crippen LogP contribution in [0.2, 0.25) is 5.02 Å². The van der Waals surface area contributed by atoms with Crippen LogP contribution in [0, 0.1) is 17.4 Å². The normalized spacial score (nSPS) is 12.3.